The van der Waals surface area contributed by atoms with Crippen molar-refractivity contribution in [2.45, 2.75) is 10.3 Å². The van der Waals surface area contributed by atoms with Crippen molar-refractivity contribution >= 4 is 16.8 Å². The highest BCUT2D eigenvalue weighted by Crippen LogP contribution is 2.31. The average molecular weight is 197 g/mol. The molecule has 2 rings (SSSR count). The van der Waals surface area contributed by atoms with Crippen molar-refractivity contribution in [2.24, 2.45) is 0 Å². The molecule has 0 radical (unpaired) electrons. The van der Waals surface area contributed by atoms with E-state index in [4.69, 9.17) is 4.74 Å². The fourth-order valence-electron chi connectivity index (χ4n) is 1.12. The minimum absolute atomic E-state index is 0.357. The molecule has 1 aliphatic rings. The molecule has 0 saturated heterocycles. The molecule has 0 spiro atoms. The van der Waals surface area contributed by atoms with Gasteiger partial charge < -0.3 is 14.6 Å². The molecule has 1 heterocycles. The summed E-state index contributed by atoms with van der Waals surface area (Å²) in [7, 11) is -1.65. The Kier molecular flexibility index (Phi) is 1.81. The van der Waals surface area contributed by atoms with E-state index in [-0.39, 0.29) is 0 Å². The highest BCUT2D eigenvalue weighted by Gasteiger charge is 2.31. The van der Waals surface area contributed by atoms with E-state index in [1.807, 2.05) is 0 Å². The number of carbonyl (C=O) groups is 1. The van der Waals surface area contributed by atoms with E-state index < -0.39 is 22.2 Å². The summed E-state index contributed by atoms with van der Waals surface area (Å²) in [6, 6.07) is 6.52. The molecule has 1 aliphatic heterocycles. The number of hydrogen-bond acceptors (Lipinski definition) is 4. The van der Waals surface area contributed by atoms with Crippen LogP contribution in [0.4, 0.5) is 0 Å². The summed E-state index contributed by atoms with van der Waals surface area (Å²) in [6.45, 7) is 0. The van der Waals surface area contributed by atoms with Crippen molar-refractivity contribution in [3.8, 4) is 5.75 Å². The van der Waals surface area contributed by atoms with Gasteiger partial charge in [0.05, 0.1) is 10.9 Å². The molecule has 1 aromatic carbocycles. The predicted octanol–water partition coefficient (Wildman–Crippen LogP) is -0.737. The summed E-state index contributed by atoms with van der Waals surface area (Å²) in [6.07, 6.45) is 0. The summed E-state index contributed by atoms with van der Waals surface area (Å²) < 4.78 is 16.3. The van der Waals surface area contributed by atoms with Crippen LogP contribution in [-0.2, 0) is 15.6 Å². The van der Waals surface area contributed by atoms with E-state index >= 15 is 0 Å². The quantitative estimate of drug-likeness (QED) is 0.595. The number of para-hydroxylation sites is 1. The number of hydrogen-bond donors (Lipinski definition) is 0. The van der Waals surface area contributed by atoms with Gasteiger partial charge in [0.25, 0.3) is 0 Å². The van der Waals surface area contributed by atoms with Gasteiger partial charge in [0.1, 0.15) is 16.5 Å². The number of carboxylic acids is 1. The number of aliphatic carboxylic acids is 1. The van der Waals surface area contributed by atoms with Crippen molar-refractivity contribution in [1.82, 2.24) is 0 Å². The van der Waals surface area contributed by atoms with Gasteiger partial charge in [-0.15, -0.1) is 0 Å². The number of fused-ring (bicyclic) bond motifs is 1. The van der Waals surface area contributed by atoms with Gasteiger partial charge in [-0.2, -0.15) is 0 Å². The largest absolute Gasteiger partial charge is 0.545 e. The van der Waals surface area contributed by atoms with Gasteiger partial charge in [0.15, 0.2) is 0 Å². The second-order valence-electron chi connectivity index (χ2n) is 2.51. The lowest BCUT2D eigenvalue weighted by Crippen LogP contribution is -2.39. The Bertz CT molecular complexity index is 387. The molecule has 0 N–H and O–H groups in total. The number of ether oxygens (including phenoxy) is 1. The van der Waals surface area contributed by atoms with Crippen molar-refractivity contribution < 1.29 is 18.8 Å². The summed E-state index contributed by atoms with van der Waals surface area (Å²) in [4.78, 5) is 10.9. The van der Waals surface area contributed by atoms with Crippen molar-refractivity contribution in [2.75, 3.05) is 0 Å². The maximum absolute atomic E-state index is 11.4. The smallest absolute Gasteiger partial charge is 0.216 e. The number of carboxylic acid groups (broad SMARTS) is 1. The Hall–Kier alpha value is -1.36. The first-order valence-corrected chi connectivity index (χ1v) is 4.78. The monoisotopic (exact) mass is 197 g/mol. The van der Waals surface area contributed by atoms with Crippen LogP contribution in [0.5, 0.6) is 5.75 Å². The van der Waals surface area contributed by atoms with Crippen molar-refractivity contribution in [1.29, 1.82) is 0 Å². The molecule has 13 heavy (non-hydrogen) atoms. The normalized spacial score (nSPS) is 24.9. The minimum Gasteiger partial charge on any atom is -0.545 e. The van der Waals surface area contributed by atoms with E-state index in [0.717, 1.165) is 0 Å². The lowest BCUT2D eigenvalue weighted by Gasteiger charge is -2.08. The van der Waals surface area contributed by atoms with E-state index in [9.17, 15) is 14.1 Å². The molecule has 0 saturated carbocycles. The first-order valence-electron chi connectivity index (χ1n) is 3.57. The molecule has 4 nitrogen and oxygen atoms in total. The predicted molar refractivity (Wildman–Crippen MR) is 42.3 cm³/mol. The summed E-state index contributed by atoms with van der Waals surface area (Å²) in [5, 5.41) is 10.5. The molecule has 68 valence electrons. The van der Waals surface area contributed by atoms with Gasteiger partial charge in [-0.3, -0.25) is 0 Å². The van der Waals surface area contributed by atoms with Crippen LogP contribution in [0.15, 0.2) is 29.2 Å². The minimum atomic E-state index is -1.65. The Morgan fingerprint density at radius 2 is 2.15 bits per heavy atom. The van der Waals surface area contributed by atoms with Gasteiger partial charge in [-0.1, -0.05) is 12.1 Å². The zero-order valence-electron chi connectivity index (χ0n) is 6.43. The zero-order valence-corrected chi connectivity index (χ0v) is 7.24. The van der Waals surface area contributed by atoms with E-state index in [0.29, 0.717) is 10.6 Å². The fraction of sp³-hybridized carbons (Fsp3) is 0.125. The number of rotatable bonds is 1. The molecule has 2 atom stereocenters. The van der Waals surface area contributed by atoms with E-state index in [1.165, 1.54) is 0 Å². The van der Waals surface area contributed by atoms with Crippen LogP contribution in [0, 0.1) is 0 Å². The Morgan fingerprint density at radius 1 is 1.46 bits per heavy atom. The Balaban J connectivity index is 2.44. The number of benzene rings is 1. The zero-order chi connectivity index (χ0) is 9.42. The van der Waals surface area contributed by atoms with Crippen molar-refractivity contribution in [3.63, 3.8) is 0 Å². The highest BCUT2D eigenvalue weighted by molar-refractivity contribution is 7.86. The summed E-state index contributed by atoms with van der Waals surface area (Å²) in [5.41, 5.74) is -1.36. The van der Waals surface area contributed by atoms with Gasteiger partial charge in [-0.05, 0) is 12.1 Å². The second-order valence-corrected chi connectivity index (χ2v) is 3.98. The topological polar surface area (TPSA) is 66.4 Å². The second kappa shape index (κ2) is 2.85. The van der Waals surface area contributed by atoms with E-state index in [2.05, 4.69) is 0 Å². The fourth-order valence-corrected chi connectivity index (χ4v) is 2.25. The first-order chi connectivity index (χ1) is 6.20. The first kappa shape index (κ1) is 8.25. The third-order valence-electron chi connectivity index (χ3n) is 1.69. The van der Waals surface area contributed by atoms with Crippen LogP contribution < -0.4 is 9.84 Å². The lowest BCUT2D eigenvalue weighted by molar-refractivity contribution is -0.309. The number of carbonyl (C=O) groups excluding carboxylic acids is 1. The molecule has 5 heteroatoms. The molecule has 0 bridgehead atoms. The standard InChI is InChI=1S/C8H6O4S/c9-7(10)8-12-5-3-1-2-4-6(5)13(8)11/h1-4,8H,(H,9,10)/p-1. The van der Waals surface area contributed by atoms with Crippen LogP contribution in [0.25, 0.3) is 0 Å². The van der Waals surface area contributed by atoms with Gasteiger partial charge in [-0.25, -0.2) is 4.21 Å². The molecule has 0 fully saturated rings. The maximum atomic E-state index is 11.4. The SMILES string of the molecule is O=C([O-])C1Oc2ccccc2S1=O. The van der Waals surface area contributed by atoms with Crippen LogP contribution in [0.1, 0.15) is 0 Å². The molecule has 0 aliphatic carbocycles. The highest BCUT2D eigenvalue weighted by atomic mass is 32.2. The van der Waals surface area contributed by atoms with Crippen molar-refractivity contribution in [3.05, 3.63) is 24.3 Å². The molecule has 0 amide bonds. The average Bonchev–Trinajstić information content (AvgIpc) is 2.45. The third kappa shape index (κ3) is 1.21. The van der Waals surface area contributed by atoms with Gasteiger partial charge >= 0.3 is 0 Å². The van der Waals surface area contributed by atoms with Crippen LogP contribution in [0.2, 0.25) is 0 Å². The van der Waals surface area contributed by atoms with Gasteiger partial charge in [0, 0.05) is 0 Å². The van der Waals surface area contributed by atoms with Gasteiger partial charge in [0.2, 0.25) is 5.44 Å². The molecular formula is C8H5O4S-. The van der Waals surface area contributed by atoms with E-state index in [1.54, 1.807) is 24.3 Å². The lowest BCUT2D eigenvalue weighted by atomic mass is 10.3. The maximum Gasteiger partial charge on any atom is 0.216 e. The molecule has 2 unspecified atom stereocenters. The van der Waals surface area contributed by atoms with Crippen LogP contribution in [-0.4, -0.2) is 15.6 Å². The molecular weight excluding hydrogens is 192 g/mol. The Labute approximate surface area is 76.6 Å². The Morgan fingerprint density at radius 3 is 2.77 bits per heavy atom. The summed E-state index contributed by atoms with van der Waals surface area (Å²) in [5.74, 6) is -1.09. The van der Waals surface area contributed by atoms with Crippen LogP contribution >= 0.6 is 0 Å². The molecule has 1 aromatic rings. The summed E-state index contributed by atoms with van der Waals surface area (Å²) >= 11 is 0. The molecule has 0 aromatic heterocycles. The van der Waals surface area contributed by atoms with Crippen LogP contribution in [0.3, 0.4) is 0 Å². The third-order valence-corrected chi connectivity index (χ3v) is 3.14.